The Morgan fingerprint density at radius 1 is 1.12 bits per heavy atom. The molecule has 2 aromatic rings. The number of hydrogen-bond acceptors (Lipinski definition) is 5. The van der Waals surface area contributed by atoms with E-state index in [1.54, 1.807) is 30.3 Å². The Morgan fingerprint density at radius 2 is 1.83 bits per heavy atom. The van der Waals surface area contributed by atoms with E-state index in [0.29, 0.717) is 15.6 Å². The van der Waals surface area contributed by atoms with E-state index in [2.05, 4.69) is 15.0 Å². The van der Waals surface area contributed by atoms with Crippen LogP contribution in [0.5, 0.6) is 0 Å². The Bertz CT molecular complexity index is 827. The maximum atomic E-state index is 12.0. The minimum absolute atomic E-state index is 0.188. The normalized spacial score (nSPS) is 17.1. The summed E-state index contributed by atoms with van der Waals surface area (Å²) in [7, 11) is 1.34. The van der Waals surface area contributed by atoms with Crippen LogP contribution in [-0.2, 0) is 9.53 Å². The summed E-state index contributed by atoms with van der Waals surface area (Å²) < 4.78 is 4.66. The van der Waals surface area contributed by atoms with Gasteiger partial charge in [-0.2, -0.15) is 0 Å². The maximum absolute atomic E-state index is 12.0. The molecule has 1 fully saturated rings. The van der Waals surface area contributed by atoms with Crippen molar-refractivity contribution < 1.29 is 14.3 Å². The molecule has 5 nitrogen and oxygen atoms in total. The number of carbonyl (C=O) groups is 2. The molecule has 1 aliphatic heterocycles. The van der Waals surface area contributed by atoms with Crippen molar-refractivity contribution in [1.29, 1.82) is 0 Å². The van der Waals surface area contributed by atoms with Crippen LogP contribution in [0.1, 0.15) is 15.9 Å². The Hall–Kier alpha value is -2.86. The van der Waals surface area contributed by atoms with E-state index in [0.717, 1.165) is 11.3 Å². The van der Waals surface area contributed by atoms with Crippen LogP contribution in [0, 0.1) is 0 Å². The highest BCUT2D eigenvalue weighted by molar-refractivity contribution is 8.18. The van der Waals surface area contributed by atoms with Gasteiger partial charge in [-0.05, 0) is 47.7 Å². The van der Waals surface area contributed by atoms with E-state index in [-0.39, 0.29) is 11.9 Å². The van der Waals surface area contributed by atoms with Crippen molar-refractivity contribution >= 4 is 40.6 Å². The van der Waals surface area contributed by atoms with Gasteiger partial charge in [0.2, 0.25) is 0 Å². The maximum Gasteiger partial charge on any atom is 0.337 e. The zero-order valence-corrected chi connectivity index (χ0v) is 13.7. The van der Waals surface area contributed by atoms with Gasteiger partial charge in [0.1, 0.15) is 0 Å². The quantitative estimate of drug-likeness (QED) is 0.688. The summed E-state index contributed by atoms with van der Waals surface area (Å²) in [5, 5.41) is 3.29. The molecule has 0 spiro atoms. The van der Waals surface area contributed by atoms with Crippen molar-refractivity contribution in [1.82, 2.24) is 5.32 Å². The molecule has 120 valence electrons. The molecule has 0 radical (unpaired) electrons. The molecular weight excluding hydrogens is 324 g/mol. The first-order valence-corrected chi connectivity index (χ1v) is 8.00. The molecule has 2 aromatic carbocycles. The Kier molecular flexibility index (Phi) is 4.77. The monoisotopic (exact) mass is 338 g/mol. The third kappa shape index (κ3) is 3.72. The van der Waals surface area contributed by atoms with Crippen LogP contribution in [0.15, 0.2) is 64.5 Å². The van der Waals surface area contributed by atoms with E-state index in [9.17, 15) is 9.59 Å². The second-order valence-electron chi connectivity index (χ2n) is 4.93. The van der Waals surface area contributed by atoms with Crippen LogP contribution in [0.2, 0.25) is 0 Å². The minimum atomic E-state index is -0.389. The fourth-order valence-electron chi connectivity index (χ4n) is 2.08. The summed E-state index contributed by atoms with van der Waals surface area (Å²) in [6.07, 6.45) is 1.76. The van der Waals surface area contributed by atoms with Crippen LogP contribution in [0.3, 0.4) is 0 Å². The van der Waals surface area contributed by atoms with E-state index in [1.807, 2.05) is 30.3 Å². The number of rotatable bonds is 3. The number of benzene rings is 2. The molecule has 0 atom stereocenters. The van der Waals surface area contributed by atoms with Gasteiger partial charge in [-0.15, -0.1) is 0 Å². The largest absolute Gasteiger partial charge is 0.465 e. The summed E-state index contributed by atoms with van der Waals surface area (Å²) in [6, 6.07) is 16.3. The summed E-state index contributed by atoms with van der Waals surface area (Å²) >= 11 is 1.28. The van der Waals surface area contributed by atoms with Gasteiger partial charge in [-0.1, -0.05) is 30.3 Å². The lowest BCUT2D eigenvalue weighted by Gasteiger charge is -1.99. The molecule has 3 rings (SSSR count). The fraction of sp³-hybridized carbons (Fsp3) is 0.0556. The number of carbonyl (C=O) groups excluding carboxylic acids is 2. The first-order chi connectivity index (χ1) is 11.7. The number of methoxy groups -OCH3 is 1. The van der Waals surface area contributed by atoms with Crippen molar-refractivity contribution in [2.24, 2.45) is 4.99 Å². The molecule has 0 aliphatic carbocycles. The molecule has 0 saturated carbocycles. The predicted molar refractivity (Wildman–Crippen MR) is 95.0 cm³/mol. The van der Waals surface area contributed by atoms with Crippen LogP contribution >= 0.6 is 11.8 Å². The number of ether oxygens (including phenoxy) is 1. The molecule has 1 amide bonds. The van der Waals surface area contributed by atoms with Crippen molar-refractivity contribution in [3.05, 3.63) is 70.6 Å². The van der Waals surface area contributed by atoms with Gasteiger partial charge in [0.15, 0.2) is 5.17 Å². The van der Waals surface area contributed by atoms with E-state index in [4.69, 9.17) is 0 Å². The first-order valence-electron chi connectivity index (χ1n) is 7.19. The molecule has 1 aliphatic rings. The molecular formula is C18H14N2O3S. The molecule has 1 heterocycles. The second kappa shape index (κ2) is 7.14. The average molecular weight is 338 g/mol. The third-order valence-corrected chi connectivity index (χ3v) is 4.18. The zero-order chi connectivity index (χ0) is 16.9. The number of nitrogens with zero attached hydrogens (tertiary/aromatic N) is 1. The van der Waals surface area contributed by atoms with Gasteiger partial charge in [0, 0.05) is 0 Å². The number of esters is 1. The van der Waals surface area contributed by atoms with Crippen LogP contribution < -0.4 is 5.32 Å². The van der Waals surface area contributed by atoms with E-state index >= 15 is 0 Å². The molecule has 1 saturated heterocycles. The minimum Gasteiger partial charge on any atom is -0.465 e. The summed E-state index contributed by atoms with van der Waals surface area (Å²) in [4.78, 5) is 28.4. The number of aliphatic imine (C=N–C) groups is 1. The molecule has 6 heteroatoms. The highest BCUT2D eigenvalue weighted by atomic mass is 32.2. The van der Waals surface area contributed by atoms with Gasteiger partial charge < -0.3 is 10.1 Å². The number of para-hydroxylation sites is 1. The van der Waals surface area contributed by atoms with Gasteiger partial charge in [-0.3, -0.25) is 4.79 Å². The lowest BCUT2D eigenvalue weighted by atomic mass is 10.1. The van der Waals surface area contributed by atoms with E-state index in [1.165, 1.54) is 18.9 Å². The van der Waals surface area contributed by atoms with Crippen molar-refractivity contribution in [3.8, 4) is 0 Å². The Morgan fingerprint density at radius 3 is 2.50 bits per heavy atom. The molecule has 0 bridgehead atoms. The van der Waals surface area contributed by atoms with Crippen LogP contribution in [0.25, 0.3) is 6.08 Å². The summed E-state index contributed by atoms with van der Waals surface area (Å²) in [5.41, 5.74) is 2.07. The third-order valence-electron chi connectivity index (χ3n) is 3.27. The molecule has 0 unspecified atom stereocenters. The average Bonchev–Trinajstić information content (AvgIpc) is 2.95. The van der Waals surface area contributed by atoms with Gasteiger partial charge in [0.05, 0.1) is 23.3 Å². The van der Waals surface area contributed by atoms with Crippen LogP contribution in [-0.4, -0.2) is 24.2 Å². The summed E-state index contributed by atoms with van der Waals surface area (Å²) in [6.45, 7) is 0. The fourth-order valence-corrected chi connectivity index (χ4v) is 2.93. The molecule has 24 heavy (non-hydrogen) atoms. The number of hydrogen-bond donors (Lipinski definition) is 1. The predicted octanol–water partition coefficient (Wildman–Crippen LogP) is 3.36. The molecule has 0 aromatic heterocycles. The van der Waals surface area contributed by atoms with Gasteiger partial charge in [-0.25, -0.2) is 9.79 Å². The van der Waals surface area contributed by atoms with Crippen molar-refractivity contribution in [3.63, 3.8) is 0 Å². The highest BCUT2D eigenvalue weighted by Crippen LogP contribution is 2.28. The lowest BCUT2D eigenvalue weighted by Crippen LogP contribution is -2.19. The standard InChI is InChI=1S/C18H14N2O3S/c1-23-17(22)13-9-7-12(8-10-13)11-15-16(21)20-18(24-15)19-14-5-3-2-4-6-14/h2-11H,1H3,(H,19,20,21)/b15-11+. The van der Waals surface area contributed by atoms with Crippen LogP contribution in [0.4, 0.5) is 5.69 Å². The lowest BCUT2D eigenvalue weighted by molar-refractivity contribution is -0.115. The number of thioether (sulfide) groups is 1. The topological polar surface area (TPSA) is 67.8 Å². The zero-order valence-electron chi connectivity index (χ0n) is 12.9. The van der Waals surface area contributed by atoms with Gasteiger partial charge in [0.25, 0.3) is 5.91 Å². The molecule has 1 N–H and O–H groups in total. The van der Waals surface area contributed by atoms with Gasteiger partial charge >= 0.3 is 5.97 Å². The van der Waals surface area contributed by atoms with Crippen molar-refractivity contribution in [2.45, 2.75) is 0 Å². The second-order valence-corrected chi connectivity index (χ2v) is 5.96. The first kappa shape index (κ1) is 16.0. The number of amides is 1. The smallest absolute Gasteiger partial charge is 0.337 e. The Labute approximate surface area is 143 Å². The Balaban J connectivity index is 1.77. The summed E-state index contributed by atoms with van der Waals surface area (Å²) in [5.74, 6) is -0.578. The highest BCUT2D eigenvalue weighted by Gasteiger charge is 2.23. The van der Waals surface area contributed by atoms with Crippen molar-refractivity contribution in [2.75, 3.05) is 7.11 Å². The number of amidine groups is 1. The van der Waals surface area contributed by atoms with E-state index < -0.39 is 0 Å². The SMILES string of the molecule is COC(=O)c1ccc(/C=C2/SC(=Nc3ccccc3)NC2=O)cc1. The number of nitrogens with one attached hydrogen (secondary N) is 1.